The number of hydrogen-bond acceptors (Lipinski definition) is 5. The zero-order valence-electron chi connectivity index (χ0n) is 14.6. The van der Waals surface area contributed by atoms with Gasteiger partial charge in [-0.25, -0.2) is 15.0 Å². The number of rotatable bonds is 5. The number of benzene rings is 1. The molecule has 0 aliphatic heterocycles. The van der Waals surface area contributed by atoms with Crippen LogP contribution in [0.5, 0.6) is 5.75 Å². The summed E-state index contributed by atoms with van der Waals surface area (Å²) in [5.41, 5.74) is 0.955. The Morgan fingerprint density at radius 2 is 1.92 bits per heavy atom. The van der Waals surface area contributed by atoms with Gasteiger partial charge in [-0.15, -0.1) is 0 Å². The number of amides is 1. The van der Waals surface area contributed by atoms with Gasteiger partial charge in [0.2, 0.25) is 11.9 Å². The number of carbonyl (C=O) groups excluding carboxylic acids is 1. The SMILES string of the molecule is COc1ccccc1C1(C(=O)Nc2cnc(-n3ccnc3C)nc2)CC1. The first-order valence-corrected chi connectivity index (χ1v) is 8.41. The lowest BCUT2D eigenvalue weighted by Gasteiger charge is -2.18. The number of ether oxygens (including phenoxy) is 1. The van der Waals surface area contributed by atoms with Gasteiger partial charge in [-0.2, -0.15) is 0 Å². The highest BCUT2D eigenvalue weighted by Gasteiger charge is 2.52. The van der Waals surface area contributed by atoms with Gasteiger partial charge in [-0.3, -0.25) is 9.36 Å². The Hall–Kier alpha value is -3.22. The van der Waals surface area contributed by atoms with Gasteiger partial charge in [0.1, 0.15) is 11.6 Å². The monoisotopic (exact) mass is 349 g/mol. The van der Waals surface area contributed by atoms with E-state index < -0.39 is 5.41 Å². The third kappa shape index (κ3) is 2.71. The smallest absolute Gasteiger partial charge is 0.235 e. The largest absolute Gasteiger partial charge is 0.496 e. The van der Waals surface area contributed by atoms with Crippen LogP contribution in [0.2, 0.25) is 0 Å². The van der Waals surface area contributed by atoms with E-state index in [0.717, 1.165) is 30.0 Å². The maximum atomic E-state index is 12.9. The summed E-state index contributed by atoms with van der Waals surface area (Å²) in [4.78, 5) is 25.7. The fraction of sp³-hybridized carbons (Fsp3) is 0.263. The minimum atomic E-state index is -0.536. The number of aryl methyl sites for hydroxylation is 1. The quantitative estimate of drug-likeness (QED) is 0.766. The molecule has 0 unspecified atom stereocenters. The van der Waals surface area contributed by atoms with Crippen molar-refractivity contribution in [3.63, 3.8) is 0 Å². The molecule has 2 heterocycles. The molecule has 1 aliphatic carbocycles. The standard InChI is InChI=1S/C19H19N5O2/c1-13-20-9-10-24(13)18-21-11-14(12-22-18)23-17(25)19(7-8-19)15-5-3-4-6-16(15)26-2/h3-6,9-12H,7-8H2,1-2H3,(H,23,25). The van der Waals surface area contributed by atoms with E-state index in [2.05, 4.69) is 20.3 Å². The van der Waals surface area contributed by atoms with Crippen LogP contribution >= 0.6 is 0 Å². The second-order valence-electron chi connectivity index (χ2n) is 6.35. The van der Waals surface area contributed by atoms with E-state index in [0.29, 0.717) is 11.6 Å². The van der Waals surface area contributed by atoms with Gasteiger partial charge in [0.05, 0.1) is 30.6 Å². The third-order valence-corrected chi connectivity index (χ3v) is 4.74. The Kier molecular flexibility index (Phi) is 3.91. The number of nitrogens with one attached hydrogen (secondary N) is 1. The molecule has 3 aromatic rings. The van der Waals surface area contributed by atoms with E-state index in [4.69, 9.17) is 4.74 Å². The molecular weight excluding hydrogens is 330 g/mol. The van der Waals surface area contributed by atoms with Crippen LogP contribution in [0.25, 0.3) is 5.95 Å². The summed E-state index contributed by atoms with van der Waals surface area (Å²) in [6.07, 6.45) is 8.30. The normalized spacial score (nSPS) is 14.7. The summed E-state index contributed by atoms with van der Waals surface area (Å²) >= 11 is 0. The topological polar surface area (TPSA) is 81.9 Å². The fourth-order valence-electron chi connectivity index (χ4n) is 3.13. The third-order valence-electron chi connectivity index (χ3n) is 4.74. The maximum absolute atomic E-state index is 12.9. The number of nitrogens with zero attached hydrogens (tertiary/aromatic N) is 4. The molecule has 1 aromatic carbocycles. The molecule has 7 heteroatoms. The minimum Gasteiger partial charge on any atom is -0.496 e. The van der Waals surface area contributed by atoms with Crippen LogP contribution in [0, 0.1) is 6.92 Å². The predicted molar refractivity (Wildman–Crippen MR) is 96.4 cm³/mol. The molecule has 1 amide bonds. The first kappa shape index (κ1) is 16.3. The van der Waals surface area contributed by atoms with E-state index in [9.17, 15) is 4.79 Å². The molecule has 1 N–H and O–H groups in total. The average Bonchev–Trinajstić information content (AvgIpc) is 3.38. The van der Waals surface area contributed by atoms with Crippen LogP contribution in [0.1, 0.15) is 24.2 Å². The summed E-state index contributed by atoms with van der Waals surface area (Å²) < 4.78 is 7.21. The van der Waals surface area contributed by atoms with Crippen LogP contribution in [0.15, 0.2) is 49.1 Å². The second-order valence-corrected chi connectivity index (χ2v) is 6.35. The molecule has 1 fully saturated rings. The van der Waals surface area contributed by atoms with E-state index in [1.165, 1.54) is 0 Å². The van der Waals surface area contributed by atoms with Gasteiger partial charge in [-0.1, -0.05) is 18.2 Å². The zero-order valence-corrected chi connectivity index (χ0v) is 14.6. The van der Waals surface area contributed by atoms with Crippen molar-refractivity contribution >= 4 is 11.6 Å². The summed E-state index contributed by atoms with van der Waals surface area (Å²) in [5, 5.41) is 2.94. The van der Waals surface area contributed by atoms with Gasteiger partial charge in [0.25, 0.3) is 0 Å². The van der Waals surface area contributed by atoms with Crippen LogP contribution in [-0.4, -0.2) is 32.5 Å². The molecule has 2 aromatic heterocycles. The Morgan fingerprint density at radius 1 is 1.19 bits per heavy atom. The average molecular weight is 349 g/mol. The highest BCUT2D eigenvalue weighted by Crippen LogP contribution is 2.51. The molecule has 0 saturated heterocycles. The van der Waals surface area contributed by atoms with Crippen molar-refractivity contribution in [3.8, 4) is 11.7 Å². The molecule has 4 rings (SSSR count). The van der Waals surface area contributed by atoms with E-state index in [-0.39, 0.29) is 5.91 Å². The van der Waals surface area contributed by atoms with Crippen molar-refractivity contribution in [3.05, 3.63) is 60.4 Å². The number of hydrogen-bond donors (Lipinski definition) is 1. The van der Waals surface area contributed by atoms with E-state index in [1.54, 1.807) is 36.5 Å². The number of para-hydroxylation sites is 1. The van der Waals surface area contributed by atoms with Gasteiger partial charge >= 0.3 is 0 Å². The zero-order chi connectivity index (χ0) is 18.1. The molecule has 0 radical (unpaired) electrons. The Balaban J connectivity index is 1.54. The second kappa shape index (κ2) is 6.25. The van der Waals surface area contributed by atoms with E-state index in [1.807, 2.05) is 31.2 Å². The molecule has 26 heavy (non-hydrogen) atoms. The fourth-order valence-corrected chi connectivity index (χ4v) is 3.13. The highest BCUT2D eigenvalue weighted by molar-refractivity contribution is 6.01. The summed E-state index contributed by atoms with van der Waals surface area (Å²) in [5.74, 6) is 2.00. The lowest BCUT2D eigenvalue weighted by molar-refractivity contribution is -0.118. The molecule has 0 atom stereocenters. The van der Waals surface area contributed by atoms with Crippen LogP contribution < -0.4 is 10.1 Å². The molecular formula is C19H19N5O2. The first-order valence-electron chi connectivity index (χ1n) is 8.41. The number of aromatic nitrogens is 4. The minimum absolute atomic E-state index is 0.0582. The van der Waals surface area contributed by atoms with E-state index >= 15 is 0 Å². The summed E-state index contributed by atoms with van der Waals surface area (Å²) in [7, 11) is 1.62. The number of methoxy groups -OCH3 is 1. The Bertz CT molecular complexity index is 945. The predicted octanol–water partition coefficient (Wildman–Crippen LogP) is 2.65. The lowest BCUT2D eigenvalue weighted by Crippen LogP contribution is -2.28. The number of imidazole rings is 1. The molecule has 1 aliphatic rings. The van der Waals surface area contributed by atoms with Crippen molar-refractivity contribution < 1.29 is 9.53 Å². The Labute approximate surface area is 151 Å². The maximum Gasteiger partial charge on any atom is 0.235 e. The van der Waals surface area contributed by atoms with Crippen molar-refractivity contribution in [2.24, 2.45) is 0 Å². The van der Waals surface area contributed by atoms with Crippen LogP contribution in [-0.2, 0) is 10.2 Å². The van der Waals surface area contributed by atoms with Gasteiger partial charge in [-0.05, 0) is 25.8 Å². The summed E-state index contributed by atoms with van der Waals surface area (Å²) in [6.45, 7) is 1.88. The molecule has 1 saturated carbocycles. The van der Waals surface area contributed by atoms with Crippen molar-refractivity contribution in [2.45, 2.75) is 25.2 Å². The summed E-state index contributed by atoms with van der Waals surface area (Å²) in [6, 6.07) is 7.67. The molecule has 7 nitrogen and oxygen atoms in total. The van der Waals surface area contributed by atoms with Crippen molar-refractivity contribution in [1.29, 1.82) is 0 Å². The van der Waals surface area contributed by atoms with Crippen LogP contribution in [0.4, 0.5) is 5.69 Å². The lowest BCUT2D eigenvalue weighted by atomic mass is 9.94. The molecule has 0 bridgehead atoms. The number of anilines is 1. The molecule has 132 valence electrons. The van der Waals surface area contributed by atoms with Gasteiger partial charge in [0, 0.05) is 18.0 Å². The van der Waals surface area contributed by atoms with Crippen molar-refractivity contribution in [1.82, 2.24) is 19.5 Å². The molecule has 0 spiro atoms. The van der Waals surface area contributed by atoms with Gasteiger partial charge < -0.3 is 10.1 Å². The first-order chi connectivity index (χ1) is 12.6. The Morgan fingerprint density at radius 3 is 2.54 bits per heavy atom. The highest BCUT2D eigenvalue weighted by atomic mass is 16.5. The van der Waals surface area contributed by atoms with Crippen LogP contribution in [0.3, 0.4) is 0 Å². The van der Waals surface area contributed by atoms with Gasteiger partial charge in [0.15, 0.2) is 0 Å². The number of carbonyl (C=O) groups is 1. The van der Waals surface area contributed by atoms with Crippen molar-refractivity contribution in [2.75, 3.05) is 12.4 Å².